The molecule has 3 aliphatic heterocycles. The Morgan fingerprint density at radius 2 is 1.36 bits per heavy atom. The Balaban J connectivity index is 0.00000338. The first kappa shape index (κ1) is 42.3. The van der Waals surface area contributed by atoms with Crippen molar-refractivity contribution in [2.75, 3.05) is 0 Å². The number of carbonyl (C=O) groups excluding carboxylic acids is 6. The molecule has 0 radical (unpaired) electrons. The third kappa shape index (κ3) is 8.56. The molecule has 2 aromatic carbocycles. The molecule has 6 N–H and O–H groups in total. The van der Waals surface area contributed by atoms with Crippen molar-refractivity contribution in [3.05, 3.63) is 71.8 Å². The van der Waals surface area contributed by atoms with Crippen LogP contribution in [0.1, 0.15) is 50.9 Å². The van der Waals surface area contributed by atoms with E-state index in [1.807, 2.05) is 0 Å². The maximum atomic E-state index is 14.1. The summed E-state index contributed by atoms with van der Waals surface area (Å²) in [6.07, 6.45) is 0. The first-order valence-corrected chi connectivity index (χ1v) is 16.9. The topological polar surface area (TPSA) is 226 Å². The maximum Gasteiger partial charge on any atom is 1.00 e. The average molecular weight is 743 g/mol. The number of rotatable bonds is 11. The fourth-order valence-corrected chi connectivity index (χ4v) is 9.29. The van der Waals surface area contributed by atoms with Gasteiger partial charge in [-0.25, -0.2) is 0 Å². The van der Waals surface area contributed by atoms with E-state index in [0.29, 0.717) is 11.1 Å². The number of nitrogens with two attached hydrogens (primary N) is 1. The van der Waals surface area contributed by atoms with Crippen molar-refractivity contribution >= 4 is 59.1 Å². The zero-order valence-corrected chi connectivity index (χ0v) is 34.1. The minimum atomic E-state index is -1.42. The van der Waals surface area contributed by atoms with E-state index in [0.717, 1.165) is 11.8 Å². The Morgan fingerprint density at radius 3 is 1.88 bits per heavy atom. The Labute approximate surface area is 342 Å². The molecule has 50 heavy (non-hydrogen) atoms. The van der Waals surface area contributed by atoms with Crippen molar-refractivity contribution < 1.29 is 98.1 Å². The number of carbonyl (C=O) groups is 6. The number of hydrogen-bond donors (Lipinski definition) is 5. The van der Waals surface area contributed by atoms with Gasteiger partial charge in [-0.15, -0.1) is 23.5 Å². The van der Waals surface area contributed by atoms with Crippen molar-refractivity contribution in [1.29, 1.82) is 0 Å². The summed E-state index contributed by atoms with van der Waals surface area (Å²) in [5.41, 5.74) is 7.04. The van der Waals surface area contributed by atoms with Crippen LogP contribution in [0.5, 0.6) is 0 Å². The van der Waals surface area contributed by atoms with E-state index in [9.17, 15) is 39.0 Å². The van der Waals surface area contributed by atoms with Crippen LogP contribution in [0.2, 0.25) is 0 Å². The van der Waals surface area contributed by atoms with Crippen molar-refractivity contribution in [3.63, 3.8) is 0 Å². The predicted octanol–water partition coefficient (Wildman–Crippen LogP) is -8.11. The summed E-state index contributed by atoms with van der Waals surface area (Å²) in [6, 6.07) is 9.26. The normalized spacial score (nSPS) is 26.0. The number of nitrogens with one attached hydrogen (secondary N) is 4. The molecule has 2 unspecified atom stereocenters. The molecule has 3 fully saturated rings. The fourth-order valence-electron chi connectivity index (χ4n) is 6.18. The summed E-state index contributed by atoms with van der Waals surface area (Å²) >= 11 is 2.32. The summed E-state index contributed by atoms with van der Waals surface area (Å²) in [4.78, 5) is 79.4. The van der Waals surface area contributed by atoms with Crippen LogP contribution in [0.25, 0.3) is 0 Å². The number of β-lactam (4-membered cyclic amide) rings is 1. The van der Waals surface area contributed by atoms with E-state index in [1.165, 1.54) is 16.7 Å². The fraction of sp³-hybridized carbons (Fsp3) is 0.438. The Hall–Kier alpha value is -2.12. The number of benzene rings is 2. The number of aliphatic carboxylic acids is 2. The molecule has 0 bridgehead atoms. The van der Waals surface area contributed by atoms with Crippen LogP contribution in [0.15, 0.2) is 60.7 Å². The van der Waals surface area contributed by atoms with Gasteiger partial charge in [0.2, 0.25) is 23.6 Å². The summed E-state index contributed by atoms with van der Waals surface area (Å²) in [7, 11) is 0. The van der Waals surface area contributed by atoms with Gasteiger partial charge >= 0.3 is 59.1 Å². The third-order valence-electron chi connectivity index (χ3n) is 8.66. The minimum Gasteiger partial charge on any atom is -0.548 e. The van der Waals surface area contributed by atoms with Crippen molar-refractivity contribution in [3.8, 4) is 0 Å². The molecule has 0 aromatic heterocycles. The van der Waals surface area contributed by atoms with Gasteiger partial charge in [-0.1, -0.05) is 60.7 Å². The van der Waals surface area contributed by atoms with E-state index in [-0.39, 0.29) is 59.1 Å². The van der Waals surface area contributed by atoms with Crippen molar-refractivity contribution in [1.82, 2.24) is 26.2 Å². The summed E-state index contributed by atoms with van der Waals surface area (Å²) in [5.74, 6) is -5.69. The molecule has 18 heteroatoms. The quantitative estimate of drug-likeness (QED) is 0.107. The zero-order chi connectivity index (χ0) is 35.1. The molecule has 3 saturated heterocycles. The standard InChI is InChI=1S/C32H38N6O8S2.2Na/c1-31(2)21(29(43)44)37-26(47-31)19(35-23(39)17(33)15-11-7-5-8-12-15)25(41)34-18(16-13-9-6-10-14-16)24(40)36-20-27(42)38-22(30(45)46)32(3,4)48-28(20)38;;/h5-14,17-22,26,28,37H,33H2,1-4H3,(H,34,41)(H,35,39)(H,36,40)(H,43,44)(H,45,46);;/q;2*+1/p-2/t17-,18-,19?,20-,21+,22?,26-,28-;;/m1../s1. The number of nitrogens with zero attached hydrogens (tertiary/aromatic N) is 1. The van der Waals surface area contributed by atoms with Gasteiger partial charge in [0.15, 0.2) is 0 Å². The van der Waals surface area contributed by atoms with E-state index in [4.69, 9.17) is 5.73 Å². The molecule has 0 aliphatic carbocycles. The summed E-state index contributed by atoms with van der Waals surface area (Å²) in [6.45, 7) is 6.66. The van der Waals surface area contributed by atoms with Gasteiger partial charge in [0.05, 0.1) is 29.4 Å². The Morgan fingerprint density at radius 1 is 0.800 bits per heavy atom. The summed E-state index contributed by atoms with van der Waals surface area (Å²) in [5, 5.41) is 33.0. The molecule has 3 aliphatic rings. The molecule has 0 saturated carbocycles. The van der Waals surface area contributed by atoms with Gasteiger partial charge in [-0.3, -0.25) is 24.5 Å². The Kier molecular flexibility index (Phi) is 14.1. The van der Waals surface area contributed by atoms with Gasteiger partial charge in [-0.2, -0.15) is 0 Å². The van der Waals surface area contributed by atoms with Crippen LogP contribution in [0, 0.1) is 0 Å². The van der Waals surface area contributed by atoms with Crippen LogP contribution in [-0.4, -0.2) is 84.9 Å². The molecule has 2 aromatic rings. The summed E-state index contributed by atoms with van der Waals surface area (Å²) < 4.78 is -1.82. The van der Waals surface area contributed by atoms with E-state index in [2.05, 4.69) is 21.3 Å². The molecule has 0 spiro atoms. The number of amides is 4. The van der Waals surface area contributed by atoms with E-state index in [1.54, 1.807) is 88.4 Å². The average Bonchev–Trinajstić information content (AvgIpc) is 3.50. The van der Waals surface area contributed by atoms with Gasteiger partial charge in [0.25, 0.3) is 0 Å². The smallest absolute Gasteiger partial charge is 0.548 e. The zero-order valence-electron chi connectivity index (χ0n) is 28.5. The van der Waals surface area contributed by atoms with Gasteiger partial charge in [-0.05, 0) is 38.8 Å². The van der Waals surface area contributed by atoms with Gasteiger partial charge in [0.1, 0.15) is 29.5 Å². The number of thioether (sulfide) groups is 2. The second kappa shape index (κ2) is 16.7. The molecule has 5 rings (SSSR count). The molecule has 4 amide bonds. The van der Waals surface area contributed by atoms with Crippen LogP contribution < -0.4 is 96.3 Å². The van der Waals surface area contributed by atoms with Crippen LogP contribution >= 0.6 is 23.5 Å². The monoisotopic (exact) mass is 742 g/mol. The van der Waals surface area contributed by atoms with Crippen LogP contribution in [-0.2, 0) is 28.8 Å². The number of carboxylic acids is 2. The first-order valence-electron chi connectivity index (χ1n) is 15.2. The molecule has 256 valence electrons. The van der Waals surface area contributed by atoms with E-state index < -0.39 is 92.1 Å². The van der Waals surface area contributed by atoms with E-state index >= 15 is 0 Å². The minimum absolute atomic E-state index is 0. The van der Waals surface area contributed by atoms with Crippen LogP contribution in [0.3, 0.4) is 0 Å². The number of hydrogen-bond acceptors (Lipinski definition) is 12. The number of fused-ring (bicyclic) bond motifs is 1. The maximum absolute atomic E-state index is 14.1. The molecular weight excluding hydrogens is 707 g/mol. The third-order valence-corrected chi connectivity index (χ3v) is 11.7. The molecule has 14 nitrogen and oxygen atoms in total. The van der Waals surface area contributed by atoms with Crippen LogP contribution in [0.4, 0.5) is 0 Å². The second-order valence-corrected chi connectivity index (χ2v) is 16.4. The van der Waals surface area contributed by atoms with Crippen molar-refractivity contribution in [2.45, 2.75) is 84.2 Å². The predicted molar refractivity (Wildman–Crippen MR) is 173 cm³/mol. The SMILES string of the molecule is CC1(C)S[C@@H]2[C@H](NC(=O)[C@H](NC(=O)C(NC(=O)[C@H](N)c3ccccc3)[C@@H]3N[C@@H](C(=O)[O-])C(C)(C)S3)c3ccccc3)C(=O)N2C1C(=O)[O-].[Na+].[Na+]. The largest absolute Gasteiger partial charge is 1.00 e. The van der Waals surface area contributed by atoms with Gasteiger partial charge < -0.3 is 46.4 Å². The second-order valence-electron chi connectivity index (χ2n) is 12.9. The molecular formula is C32H36N6Na2O8S2. The number of carboxylic acid groups (broad SMARTS) is 2. The van der Waals surface area contributed by atoms with Gasteiger partial charge in [0, 0.05) is 9.49 Å². The molecule has 3 heterocycles. The van der Waals surface area contributed by atoms with Crippen molar-refractivity contribution in [2.24, 2.45) is 5.73 Å². The first-order chi connectivity index (χ1) is 22.5. The molecule has 8 atom stereocenters. The Bertz CT molecular complexity index is 1620.